The highest BCUT2D eigenvalue weighted by Gasteiger charge is 2.10. The topological polar surface area (TPSA) is 38.7 Å². The van der Waals surface area contributed by atoms with E-state index in [9.17, 15) is 0 Å². The molecule has 90 valence electrons. The lowest BCUT2D eigenvalue weighted by atomic mass is 10.2. The van der Waals surface area contributed by atoms with Crippen LogP contribution in [0.15, 0.2) is 28.1 Å². The van der Waals surface area contributed by atoms with E-state index < -0.39 is 0 Å². The molecule has 0 N–H and O–H groups in total. The van der Waals surface area contributed by atoms with Gasteiger partial charge in [0.1, 0.15) is 10.8 Å². The molecule has 0 radical (unpaired) electrons. The summed E-state index contributed by atoms with van der Waals surface area (Å²) in [6.45, 7) is 1.95. The maximum absolute atomic E-state index is 6.18. The first-order valence-corrected chi connectivity index (χ1v) is 7.24. The van der Waals surface area contributed by atoms with Crippen molar-refractivity contribution >= 4 is 49.8 Å². The van der Waals surface area contributed by atoms with Crippen molar-refractivity contribution in [2.45, 2.75) is 6.92 Å². The van der Waals surface area contributed by atoms with Crippen LogP contribution in [0.5, 0.6) is 0 Å². The van der Waals surface area contributed by atoms with Crippen molar-refractivity contribution in [3.8, 4) is 11.5 Å². The summed E-state index contributed by atoms with van der Waals surface area (Å²) >= 11 is 11.2. The van der Waals surface area contributed by atoms with Gasteiger partial charge in [-0.15, -0.1) is 11.3 Å². The minimum Gasteiger partial charge on any atom is -0.238 e. The summed E-state index contributed by atoms with van der Waals surface area (Å²) in [7, 11) is 0. The fourth-order valence-corrected chi connectivity index (χ4v) is 2.82. The van der Waals surface area contributed by atoms with Gasteiger partial charge < -0.3 is 0 Å². The van der Waals surface area contributed by atoms with Crippen LogP contribution in [0.4, 0.5) is 0 Å². The Morgan fingerprint density at radius 2 is 2.06 bits per heavy atom. The quantitative estimate of drug-likeness (QED) is 0.613. The molecule has 0 aliphatic heterocycles. The van der Waals surface area contributed by atoms with Gasteiger partial charge in [0.2, 0.25) is 0 Å². The zero-order valence-corrected chi connectivity index (χ0v) is 12.5. The molecule has 0 amide bonds. The van der Waals surface area contributed by atoms with E-state index in [-0.39, 0.29) is 0 Å². The van der Waals surface area contributed by atoms with Gasteiger partial charge in [0, 0.05) is 15.2 Å². The van der Waals surface area contributed by atoms with Gasteiger partial charge in [0.15, 0.2) is 5.82 Å². The molecule has 3 nitrogen and oxygen atoms in total. The normalized spacial score (nSPS) is 11.1. The zero-order chi connectivity index (χ0) is 12.7. The lowest BCUT2D eigenvalue weighted by Crippen LogP contribution is -1.92. The SMILES string of the molecule is Cc1nc(-c2nc(Cl)c3ccc(Br)cc3n2)cs1. The summed E-state index contributed by atoms with van der Waals surface area (Å²) in [6, 6.07) is 5.74. The molecule has 0 atom stereocenters. The number of hydrogen-bond donors (Lipinski definition) is 0. The molecule has 1 aromatic carbocycles. The molecule has 3 rings (SSSR count). The van der Waals surface area contributed by atoms with E-state index in [1.165, 1.54) is 0 Å². The standard InChI is InChI=1S/C12H7BrClN3S/c1-6-15-10(5-18-6)12-16-9-4-7(13)2-3-8(9)11(14)17-12/h2-5H,1H3. The van der Waals surface area contributed by atoms with Crippen molar-refractivity contribution in [2.75, 3.05) is 0 Å². The smallest absolute Gasteiger partial charge is 0.181 e. The van der Waals surface area contributed by atoms with Crippen molar-refractivity contribution in [2.24, 2.45) is 0 Å². The van der Waals surface area contributed by atoms with Crippen LogP contribution in [0.1, 0.15) is 5.01 Å². The number of aromatic nitrogens is 3. The van der Waals surface area contributed by atoms with E-state index in [1.54, 1.807) is 11.3 Å². The number of halogens is 2. The second kappa shape index (κ2) is 4.57. The van der Waals surface area contributed by atoms with Crippen LogP contribution in [-0.4, -0.2) is 15.0 Å². The Balaban J connectivity index is 2.26. The Hall–Kier alpha value is -1.04. The molecule has 0 saturated carbocycles. The van der Waals surface area contributed by atoms with Crippen LogP contribution < -0.4 is 0 Å². The molecule has 6 heteroatoms. The number of rotatable bonds is 1. The van der Waals surface area contributed by atoms with Crippen molar-refractivity contribution in [1.29, 1.82) is 0 Å². The van der Waals surface area contributed by atoms with Gasteiger partial charge in [0.25, 0.3) is 0 Å². The summed E-state index contributed by atoms with van der Waals surface area (Å²) in [4.78, 5) is 13.2. The highest BCUT2D eigenvalue weighted by Crippen LogP contribution is 2.27. The molecule has 2 heterocycles. The van der Waals surface area contributed by atoms with E-state index in [1.807, 2.05) is 30.5 Å². The van der Waals surface area contributed by atoms with Gasteiger partial charge in [-0.05, 0) is 25.1 Å². The number of benzene rings is 1. The molecule has 0 aliphatic carbocycles. The summed E-state index contributed by atoms with van der Waals surface area (Å²) in [5.41, 5.74) is 1.58. The molecule has 0 saturated heterocycles. The lowest BCUT2D eigenvalue weighted by molar-refractivity contribution is 1.18. The average molecular weight is 341 g/mol. The second-order valence-electron chi connectivity index (χ2n) is 3.75. The van der Waals surface area contributed by atoms with E-state index >= 15 is 0 Å². The van der Waals surface area contributed by atoms with Gasteiger partial charge in [-0.1, -0.05) is 27.5 Å². The third-order valence-corrected chi connectivity index (χ3v) is 4.02. The number of aryl methyl sites for hydroxylation is 1. The second-order valence-corrected chi connectivity index (χ2v) is 6.09. The maximum Gasteiger partial charge on any atom is 0.181 e. The van der Waals surface area contributed by atoms with Crippen molar-refractivity contribution < 1.29 is 0 Å². The molecule has 0 bridgehead atoms. The van der Waals surface area contributed by atoms with E-state index in [0.29, 0.717) is 11.0 Å². The molecule has 0 spiro atoms. The molecule has 18 heavy (non-hydrogen) atoms. The Morgan fingerprint density at radius 3 is 2.78 bits per heavy atom. The molecule has 3 aromatic rings. The largest absolute Gasteiger partial charge is 0.238 e. The highest BCUT2D eigenvalue weighted by atomic mass is 79.9. The average Bonchev–Trinajstić information content (AvgIpc) is 2.75. The minimum absolute atomic E-state index is 0.452. The van der Waals surface area contributed by atoms with Crippen LogP contribution in [0, 0.1) is 6.92 Å². The summed E-state index contributed by atoms with van der Waals surface area (Å²) in [5.74, 6) is 0.565. The molecular formula is C12H7BrClN3S. The lowest BCUT2D eigenvalue weighted by Gasteiger charge is -2.02. The number of thiazole rings is 1. The van der Waals surface area contributed by atoms with Crippen LogP contribution in [-0.2, 0) is 0 Å². The zero-order valence-electron chi connectivity index (χ0n) is 9.32. The Morgan fingerprint density at radius 1 is 1.22 bits per heavy atom. The molecule has 0 aliphatic rings. The Kier molecular flexibility index (Phi) is 3.05. The predicted octanol–water partition coefficient (Wildman–Crippen LogP) is 4.48. The third kappa shape index (κ3) is 2.13. The van der Waals surface area contributed by atoms with Crippen molar-refractivity contribution in [3.63, 3.8) is 0 Å². The Labute approximate surface area is 121 Å². The van der Waals surface area contributed by atoms with E-state index in [2.05, 4.69) is 30.9 Å². The molecule has 2 aromatic heterocycles. The van der Waals surface area contributed by atoms with Gasteiger partial charge in [-0.25, -0.2) is 15.0 Å². The van der Waals surface area contributed by atoms with Crippen LogP contribution in [0.25, 0.3) is 22.4 Å². The van der Waals surface area contributed by atoms with E-state index in [4.69, 9.17) is 11.6 Å². The third-order valence-electron chi connectivity index (χ3n) is 2.46. The predicted molar refractivity (Wildman–Crippen MR) is 78.1 cm³/mol. The first kappa shape index (κ1) is 12.0. The fraction of sp³-hybridized carbons (Fsp3) is 0.0833. The molecule has 0 unspecified atom stereocenters. The highest BCUT2D eigenvalue weighted by molar-refractivity contribution is 9.10. The van der Waals surface area contributed by atoms with Crippen LogP contribution >= 0.6 is 38.9 Å². The number of nitrogens with zero attached hydrogens (tertiary/aromatic N) is 3. The first-order valence-electron chi connectivity index (χ1n) is 5.19. The van der Waals surface area contributed by atoms with Gasteiger partial charge in [0.05, 0.1) is 10.5 Å². The van der Waals surface area contributed by atoms with Crippen LogP contribution in [0.2, 0.25) is 5.15 Å². The van der Waals surface area contributed by atoms with Crippen LogP contribution in [0.3, 0.4) is 0 Å². The first-order chi connectivity index (χ1) is 8.63. The minimum atomic E-state index is 0.452. The van der Waals surface area contributed by atoms with Gasteiger partial charge >= 0.3 is 0 Å². The van der Waals surface area contributed by atoms with Gasteiger partial charge in [-0.2, -0.15) is 0 Å². The Bertz CT molecular complexity index is 741. The van der Waals surface area contributed by atoms with Crippen molar-refractivity contribution in [3.05, 3.63) is 38.2 Å². The summed E-state index contributed by atoms with van der Waals surface area (Å²) in [6.07, 6.45) is 0. The summed E-state index contributed by atoms with van der Waals surface area (Å²) < 4.78 is 0.963. The monoisotopic (exact) mass is 339 g/mol. The van der Waals surface area contributed by atoms with Gasteiger partial charge in [-0.3, -0.25) is 0 Å². The fourth-order valence-electron chi connectivity index (χ4n) is 1.64. The van der Waals surface area contributed by atoms with Crippen molar-refractivity contribution in [1.82, 2.24) is 15.0 Å². The summed E-state index contributed by atoms with van der Waals surface area (Å²) in [5, 5.41) is 4.22. The molecule has 0 fully saturated rings. The number of hydrogen-bond acceptors (Lipinski definition) is 4. The maximum atomic E-state index is 6.18. The van der Waals surface area contributed by atoms with E-state index in [0.717, 1.165) is 26.1 Å². The number of fused-ring (bicyclic) bond motifs is 1. The molecular weight excluding hydrogens is 334 g/mol.